The van der Waals surface area contributed by atoms with Crippen molar-refractivity contribution in [2.45, 2.75) is 20.3 Å². The largest absolute Gasteiger partial charge is 0.496 e. The molecule has 1 unspecified atom stereocenters. The fraction of sp³-hybridized carbons (Fsp3) is 0.357. The van der Waals surface area contributed by atoms with Crippen molar-refractivity contribution in [1.29, 1.82) is 0 Å². The third-order valence-electron chi connectivity index (χ3n) is 3.08. The summed E-state index contributed by atoms with van der Waals surface area (Å²) in [6.07, 6.45) is 1.74. The molecule has 1 atom stereocenters. The van der Waals surface area contributed by atoms with Crippen molar-refractivity contribution in [2.75, 3.05) is 7.11 Å². The Morgan fingerprint density at radius 1 is 1.47 bits per heavy atom. The van der Waals surface area contributed by atoms with Crippen molar-refractivity contribution in [3.05, 3.63) is 29.5 Å². The van der Waals surface area contributed by atoms with E-state index in [9.17, 15) is 4.79 Å². The lowest BCUT2D eigenvalue weighted by Crippen LogP contribution is -2.01. The number of fused-ring (bicyclic) bond motifs is 1. The van der Waals surface area contributed by atoms with Crippen LogP contribution in [0.4, 0.5) is 0 Å². The molecular formula is C14H17NO2. The second-order valence-electron chi connectivity index (χ2n) is 4.43. The fourth-order valence-electron chi connectivity index (χ4n) is 2.21. The lowest BCUT2D eigenvalue weighted by molar-refractivity contribution is -0.110. The van der Waals surface area contributed by atoms with E-state index in [4.69, 9.17) is 4.74 Å². The summed E-state index contributed by atoms with van der Waals surface area (Å²) >= 11 is 0. The molecule has 17 heavy (non-hydrogen) atoms. The van der Waals surface area contributed by atoms with Crippen molar-refractivity contribution in [2.24, 2.45) is 5.92 Å². The Labute approximate surface area is 101 Å². The third kappa shape index (κ3) is 2.05. The molecule has 0 saturated heterocycles. The highest BCUT2D eigenvalue weighted by Crippen LogP contribution is 2.32. The maximum Gasteiger partial charge on any atom is 0.128 e. The summed E-state index contributed by atoms with van der Waals surface area (Å²) in [5, 5.41) is 1.10. The van der Waals surface area contributed by atoms with E-state index >= 15 is 0 Å². The number of aldehydes is 1. The molecule has 0 aliphatic rings. The van der Waals surface area contributed by atoms with Crippen LogP contribution in [0.2, 0.25) is 0 Å². The molecule has 90 valence electrons. The van der Waals surface area contributed by atoms with Crippen LogP contribution in [0.1, 0.15) is 18.2 Å². The van der Waals surface area contributed by atoms with Crippen molar-refractivity contribution in [3.8, 4) is 5.75 Å². The highest BCUT2D eigenvalue weighted by atomic mass is 16.5. The second-order valence-corrected chi connectivity index (χ2v) is 4.43. The van der Waals surface area contributed by atoms with Crippen molar-refractivity contribution in [1.82, 2.24) is 4.98 Å². The first kappa shape index (κ1) is 11.7. The Kier molecular flexibility index (Phi) is 3.18. The molecular weight excluding hydrogens is 214 g/mol. The number of carbonyl (C=O) groups excluding carboxylic acids is 1. The molecule has 0 amide bonds. The highest BCUT2D eigenvalue weighted by Gasteiger charge is 2.14. The summed E-state index contributed by atoms with van der Waals surface area (Å²) in [6, 6.07) is 5.94. The molecule has 1 heterocycles. The molecule has 1 N–H and O–H groups in total. The van der Waals surface area contributed by atoms with Gasteiger partial charge in [-0.3, -0.25) is 0 Å². The van der Waals surface area contributed by atoms with Gasteiger partial charge in [-0.2, -0.15) is 0 Å². The van der Waals surface area contributed by atoms with Gasteiger partial charge in [0.05, 0.1) is 7.11 Å². The summed E-state index contributed by atoms with van der Waals surface area (Å²) < 4.78 is 5.39. The van der Waals surface area contributed by atoms with Crippen LogP contribution in [-0.2, 0) is 11.2 Å². The maximum absolute atomic E-state index is 10.8. The van der Waals surface area contributed by atoms with Gasteiger partial charge in [-0.15, -0.1) is 0 Å². The number of aromatic nitrogens is 1. The zero-order chi connectivity index (χ0) is 12.4. The van der Waals surface area contributed by atoms with Crippen molar-refractivity contribution < 1.29 is 9.53 Å². The van der Waals surface area contributed by atoms with Gasteiger partial charge in [0.25, 0.3) is 0 Å². The maximum atomic E-state index is 10.8. The summed E-state index contributed by atoms with van der Waals surface area (Å²) in [5.41, 5.74) is 3.35. The Balaban J connectivity index is 2.60. The number of nitrogens with one attached hydrogen (secondary N) is 1. The Bertz CT molecular complexity index is 542. The van der Waals surface area contributed by atoms with Crippen LogP contribution >= 0.6 is 0 Å². The molecule has 1 aromatic heterocycles. The number of ether oxygens (including phenoxy) is 1. The Hall–Kier alpha value is -1.77. The zero-order valence-electron chi connectivity index (χ0n) is 10.4. The molecule has 0 aliphatic carbocycles. The summed E-state index contributed by atoms with van der Waals surface area (Å²) in [4.78, 5) is 14.1. The number of benzene rings is 1. The Morgan fingerprint density at radius 2 is 2.24 bits per heavy atom. The molecule has 2 rings (SSSR count). The molecule has 0 spiro atoms. The van der Waals surface area contributed by atoms with Gasteiger partial charge in [0.2, 0.25) is 0 Å². The number of methoxy groups -OCH3 is 1. The van der Waals surface area contributed by atoms with E-state index in [2.05, 4.69) is 4.98 Å². The number of aryl methyl sites for hydroxylation is 1. The number of aromatic amines is 1. The van der Waals surface area contributed by atoms with Crippen LogP contribution in [0.25, 0.3) is 10.9 Å². The van der Waals surface area contributed by atoms with E-state index in [-0.39, 0.29) is 5.92 Å². The molecule has 3 heteroatoms. The average Bonchev–Trinajstić information content (AvgIpc) is 2.65. The zero-order valence-corrected chi connectivity index (χ0v) is 10.4. The van der Waals surface area contributed by atoms with Gasteiger partial charge in [-0.1, -0.05) is 13.0 Å². The van der Waals surface area contributed by atoms with Crippen LogP contribution in [0, 0.1) is 12.8 Å². The third-order valence-corrected chi connectivity index (χ3v) is 3.08. The van der Waals surface area contributed by atoms with Gasteiger partial charge in [-0.25, -0.2) is 0 Å². The van der Waals surface area contributed by atoms with Gasteiger partial charge in [0.1, 0.15) is 12.0 Å². The Morgan fingerprint density at radius 3 is 2.88 bits per heavy atom. The minimum atomic E-state index is 0.0256. The molecule has 0 saturated carbocycles. The molecule has 3 nitrogen and oxygen atoms in total. The summed E-state index contributed by atoms with van der Waals surface area (Å²) in [5.74, 6) is 0.887. The number of carbonyl (C=O) groups is 1. The minimum absolute atomic E-state index is 0.0256. The fourth-order valence-corrected chi connectivity index (χ4v) is 2.21. The van der Waals surface area contributed by atoms with Crippen molar-refractivity contribution >= 4 is 17.2 Å². The number of H-pyrrole nitrogens is 1. The monoisotopic (exact) mass is 231 g/mol. The van der Waals surface area contributed by atoms with E-state index in [1.54, 1.807) is 7.11 Å². The van der Waals surface area contributed by atoms with Crippen molar-refractivity contribution in [3.63, 3.8) is 0 Å². The molecule has 0 radical (unpaired) electrons. The number of hydrogen-bond donors (Lipinski definition) is 1. The summed E-state index contributed by atoms with van der Waals surface area (Å²) in [6.45, 7) is 3.97. The van der Waals surface area contributed by atoms with E-state index in [0.717, 1.165) is 35.1 Å². The van der Waals surface area contributed by atoms with Crippen LogP contribution in [0.15, 0.2) is 18.2 Å². The number of rotatable bonds is 4. The van der Waals surface area contributed by atoms with E-state index in [1.165, 1.54) is 5.56 Å². The van der Waals surface area contributed by atoms with E-state index in [0.29, 0.717) is 0 Å². The first-order valence-corrected chi connectivity index (χ1v) is 5.76. The van der Waals surface area contributed by atoms with Gasteiger partial charge < -0.3 is 14.5 Å². The molecule has 0 bridgehead atoms. The standard InChI is InChI=1S/C14H17NO2/c1-9(8-16)7-11-10(2)15-12-5-4-6-13(17-3)14(11)12/h4-6,8-9,15H,7H2,1-3H3. The molecule has 0 fully saturated rings. The van der Waals surface area contributed by atoms with Crippen LogP contribution in [0.3, 0.4) is 0 Å². The summed E-state index contributed by atoms with van der Waals surface area (Å²) in [7, 11) is 1.67. The second kappa shape index (κ2) is 4.62. The normalized spacial score (nSPS) is 12.6. The SMILES string of the molecule is COc1cccc2[nH]c(C)c(CC(C)C=O)c12. The first-order chi connectivity index (χ1) is 8.17. The predicted molar refractivity (Wildman–Crippen MR) is 68.5 cm³/mol. The first-order valence-electron chi connectivity index (χ1n) is 5.76. The van der Waals surface area contributed by atoms with Crippen LogP contribution in [0.5, 0.6) is 5.75 Å². The lowest BCUT2D eigenvalue weighted by atomic mass is 9.99. The van der Waals surface area contributed by atoms with E-state index in [1.807, 2.05) is 32.0 Å². The smallest absolute Gasteiger partial charge is 0.128 e. The quantitative estimate of drug-likeness (QED) is 0.822. The van der Waals surface area contributed by atoms with Gasteiger partial charge >= 0.3 is 0 Å². The van der Waals surface area contributed by atoms with Gasteiger partial charge in [-0.05, 0) is 31.0 Å². The van der Waals surface area contributed by atoms with Crippen LogP contribution in [-0.4, -0.2) is 18.4 Å². The van der Waals surface area contributed by atoms with Gasteiger partial charge in [0.15, 0.2) is 0 Å². The number of hydrogen-bond acceptors (Lipinski definition) is 2. The molecule has 1 aromatic carbocycles. The van der Waals surface area contributed by atoms with E-state index < -0.39 is 0 Å². The lowest BCUT2D eigenvalue weighted by Gasteiger charge is -2.07. The topological polar surface area (TPSA) is 42.1 Å². The van der Waals surface area contributed by atoms with Crippen LogP contribution < -0.4 is 4.74 Å². The minimum Gasteiger partial charge on any atom is -0.496 e. The average molecular weight is 231 g/mol. The van der Waals surface area contributed by atoms with Gasteiger partial charge in [0, 0.05) is 22.5 Å². The molecule has 0 aliphatic heterocycles. The highest BCUT2D eigenvalue weighted by molar-refractivity contribution is 5.90. The molecule has 2 aromatic rings. The predicted octanol–water partition coefficient (Wildman–Crippen LogP) is 2.86.